The quantitative estimate of drug-likeness (QED) is 0.0345. The standard InChI is InChI=1S/C54H104O6/c1-48(2)40-34-28-22-17-15-13-11-9-7-8-10-12-14-16-18-25-31-37-43-52(55)58-46-51(47-59-53(56)44-38-32-27-21-24-30-36-42-50(5)6)60-54(57)45-39-33-26-20-19-23-29-35-41-49(3)4/h48-51H,7-47H2,1-6H3/t51-/m1/s1. The second kappa shape index (κ2) is 45.4. The fourth-order valence-electron chi connectivity index (χ4n) is 8.12. The molecule has 356 valence electrons. The lowest BCUT2D eigenvalue weighted by molar-refractivity contribution is -0.167. The summed E-state index contributed by atoms with van der Waals surface area (Å²) in [6, 6.07) is 0. The second-order valence-electron chi connectivity index (χ2n) is 19.9. The Morgan fingerprint density at radius 2 is 0.483 bits per heavy atom. The summed E-state index contributed by atoms with van der Waals surface area (Å²) >= 11 is 0. The third-order valence-electron chi connectivity index (χ3n) is 12.1. The van der Waals surface area contributed by atoms with Crippen LogP contribution in [0, 0.1) is 17.8 Å². The first-order valence-electron chi connectivity index (χ1n) is 26.6. The Morgan fingerprint density at radius 3 is 0.717 bits per heavy atom. The van der Waals surface area contributed by atoms with Gasteiger partial charge in [0.25, 0.3) is 0 Å². The van der Waals surface area contributed by atoms with Crippen molar-refractivity contribution in [3.8, 4) is 0 Å². The van der Waals surface area contributed by atoms with E-state index in [0.717, 1.165) is 75.5 Å². The highest BCUT2D eigenvalue weighted by Gasteiger charge is 2.19. The Bertz CT molecular complexity index is 929. The fraction of sp³-hybridized carbons (Fsp3) is 0.944. The van der Waals surface area contributed by atoms with Crippen LogP contribution >= 0.6 is 0 Å². The highest BCUT2D eigenvalue weighted by molar-refractivity contribution is 5.71. The minimum Gasteiger partial charge on any atom is -0.462 e. The number of hydrogen-bond donors (Lipinski definition) is 0. The Labute approximate surface area is 374 Å². The van der Waals surface area contributed by atoms with Gasteiger partial charge in [-0.1, -0.05) is 253 Å². The summed E-state index contributed by atoms with van der Waals surface area (Å²) in [6.07, 6.45) is 45.4. The van der Waals surface area contributed by atoms with Crippen LogP contribution < -0.4 is 0 Å². The van der Waals surface area contributed by atoms with Gasteiger partial charge in [-0.2, -0.15) is 0 Å². The van der Waals surface area contributed by atoms with Gasteiger partial charge in [-0.25, -0.2) is 0 Å². The summed E-state index contributed by atoms with van der Waals surface area (Å²) in [5.74, 6) is 1.58. The summed E-state index contributed by atoms with van der Waals surface area (Å²) in [6.45, 7) is 13.7. The molecular weight excluding hydrogens is 745 g/mol. The number of hydrogen-bond acceptors (Lipinski definition) is 6. The number of unbranched alkanes of at least 4 members (excludes halogenated alkanes) is 30. The average Bonchev–Trinajstić information content (AvgIpc) is 3.20. The van der Waals surface area contributed by atoms with Gasteiger partial charge in [-0.05, 0) is 37.0 Å². The van der Waals surface area contributed by atoms with Crippen molar-refractivity contribution < 1.29 is 28.6 Å². The molecule has 6 heteroatoms. The zero-order valence-electron chi connectivity index (χ0n) is 41.3. The monoisotopic (exact) mass is 849 g/mol. The molecule has 0 aromatic carbocycles. The van der Waals surface area contributed by atoms with Crippen molar-refractivity contribution in [1.82, 2.24) is 0 Å². The molecule has 60 heavy (non-hydrogen) atoms. The summed E-state index contributed by atoms with van der Waals surface area (Å²) in [7, 11) is 0. The molecule has 0 unspecified atom stereocenters. The van der Waals surface area contributed by atoms with E-state index >= 15 is 0 Å². The minimum absolute atomic E-state index is 0.0653. The van der Waals surface area contributed by atoms with E-state index in [1.807, 2.05) is 0 Å². The molecule has 0 bridgehead atoms. The topological polar surface area (TPSA) is 78.9 Å². The van der Waals surface area contributed by atoms with Crippen molar-refractivity contribution in [2.24, 2.45) is 17.8 Å². The van der Waals surface area contributed by atoms with E-state index in [1.54, 1.807) is 0 Å². The smallest absolute Gasteiger partial charge is 0.306 e. The molecule has 0 heterocycles. The van der Waals surface area contributed by atoms with Gasteiger partial charge in [0.1, 0.15) is 13.2 Å². The van der Waals surface area contributed by atoms with Crippen LogP contribution in [0.25, 0.3) is 0 Å². The van der Waals surface area contributed by atoms with Crippen LogP contribution in [0.1, 0.15) is 292 Å². The maximum Gasteiger partial charge on any atom is 0.306 e. The highest BCUT2D eigenvalue weighted by atomic mass is 16.6. The van der Waals surface area contributed by atoms with Gasteiger partial charge in [-0.15, -0.1) is 0 Å². The van der Waals surface area contributed by atoms with Crippen molar-refractivity contribution in [1.29, 1.82) is 0 Å². The van der Waals surface area contributed by atoms with Gasteiger partial charge in [0.2, 0.25) is 0 Å². The zero-order valence-corrected chi connectivity index (χ0v) is 41.3. The van der Waals surface area contributed by atoms with E-state index < -0.39 is 6.10 Å². The molecule has 0 saturated carbocycles. The fourth-order valence-corrected chi connectivity index (χ4v) is 8.12. The van der Waals surface area contributed by atoms with Crippen LogP contribution in [0.5, 0.6) is 0 Å². The lowest BCUT2D eigenvalue weighted by Gasteiger charge is -2.18. The number of esters is 3. The van der Waals surface area contributed by atoms with E-state index in [9.17, 15) is 14.4 Å². The number of carbonyl (C=O) groups excluding carboxylic acids is 3. The Kier molecular flexibility index (Phi) is 44.2. The van der Waals surface area contributed by atoms with Crippen LogP contribution in [-0.4, -0.2) is 37.2 Å². The van der Waals surface area contributed by atoms with Crippen LogP contribution in [0.15, 0.2) is 0 Å². The lowest BCUT2D eigenvalue weighted by Crippen LogP contribution is -2.30. The summed E-state index contributed by atoms with van der Waals surface area (Å²) in [5.41, 5.74) is 0. The van der Waals surface area contributed by atoms with Crippen molar-refractivity contribution in [3.05, 3.63) is 0 Å². The van der Waals surface area contributed by atoms with Crippen molar-refractivity contribution in [2.45, 2.75) is 298 Å². The first-order chi connectivity index (χ1) is 29.1. The zero-order chi connectivity index (χ0) is 44.2. The minimum atomic E-state index is -0.763. The molecule has 0 aliphatic rings. The molecule has 0 rings (SSSR count). The summed E-state index contributed by atoms with van der Waals surface area (Å²) < 4.78 is 16.8. The molecule has 0 fully saturated rings. The molecule has 0 radical (unpaired) electrons. The van der Waals surface area contributed by atoms with Crippen molar-refractivity contribution >= 4 is 17.9 Å². The molecule has 6 nitrogen and oxygen atoms in total. The van der Waals surface area contributed by atoms with Gasteiger partial charge < -0.3 is 14.2 Å². The SMILES string of the molecule is CC(C)CCCCCCCCCCCCCCCCCCCCC(=O)OC[C@H](COC(=O)CCCCCCCCCC(C)C)OC(=O)CCCCCCCCCCC(C)C. The predicted molar refractivity (Wildman–Crippen MR) is 256 cm³/mol. The molecule has 0 aromatic heterocycles. The molecule has 0 aliphatic heterocycles. The third kappa shape index (κ3) is 47.5. The van der Waals surface area contributed by atoms with Gasteiger partial charge in [0.15, 0.2) is 6.10 Å². The highest BCUT2D eigenvalue weighted by Crippen LogP contribution is 2.18. The second-order valence-corrected chi connectivity index (χ2v) is 19.9. The van der Waals surface area contributed by atoms with E-state index in [-0.39, 0.29) is 31.1 Å². The normalized spacial score (nSPS) is 12.2. The Balaban J connectivity index is 4.18. The molecule has 0 N–H and O–H groups in total. The van der Waals surface area contributed by atoms with E-state index in [2.05, 4.69) is 41.5 Å². The van der Waals surface area contributed by atoms with E-state index in [4.69, 9.17) is 14.2 Å². The lowest BCUT2D eigenvalue weighted by atomic mass is 10.0. The van der Waals surface area contributed by atoms with Crippen LogP contribution in [0.3, 0.4) is 0 Å². The van der Waals surface area contributed by atoms with E-state index in [0.29, 0.717) is 19.3 Å². The van der Waals surface area contributed by atoms with Gasteiger partial charge >= 0.3 is 17.9 Å². The molecule has 0 aromatic rings. The first-order valence-corrected chi connectivity index (χ1v) is 26.6. The van der Waals surface area contributed by atoms with Crippen molar-refractivity contribution in [3.63, 3.8) is 0 Å². The number of rotatable bonds is 47. The van der Waals surface area contributed by atoms with Crippen LogP contribution in [-0.2, 0) is 28.6 Å². The largest absolute Gasteiger partial charge is 0.462 e. The van der Waals surface area contributed by atoms with Gasteiger partial charge in [0.05, 0.1) is 0 Å². The third-order valence-corrected chi connectivity index (χ3v) is 12.1. The maximum atomic E-state index is 12.7. The van der Waals surface area contributed by atoms with Crippen molar-refractivity contribution in [2.75, 3.05) is 13.2 Å². The number of ether oxygens (including phenoxy) is 3. The van der Waals surface area contributed by atoms with Crippen LogP contribution in [0.2, 0.25) is 0 Å². The Morgan fingerprint density at radius 1 is 0.283 bits per heavy atom. The summed E-state index contributed by atoms with van der Waals surface area (Å²) in [5, 5.41) is 0. The molecule has 0 amide bonds. The molecular formula is C54H104O6. The number of carbonyl (C=O) groups is 3. The predicted octanol–water partition coefficient (Wildman–Crippen LogP) is 17.2. The Hall–Kier alpha value is -1.59. The molecule has 1 atom stereocenters. The molecule has 0 spiro atoms. The average molecular weight is 849 g/mol. The van der Waals surface area contributed by atoms with Crippen LogP contribution in [0.4, 0.5) is 0 Å². The van der Waals surface area contributed by atoms with Gasteiger partial charge in [-0.3, -0.25) is 14.4 Å². The van der Waals surface area contributed by atoms with E-state index in [1.165, 1.54) is 173 Å². The molecule has 0 saturated heterocycles. The van der Waals surface area contributed by atoms with Gasteiger partial charge in [0, 0.05) is 19.3 Å². The maximum absolute atomic E-state index is 12.7. The molecule has 0 aliphatic carbocycles. The first kappa shape index (κ1) is 58.4. The summed E-state index contributed by atoms with van der Waals surface area (Å²) in [4.78, 5) is 37.9.